The zero-order valence-electron chi connectivity index (χ0n) is 15.7. The van der Waals surface area contributed by atoms with Crippen LogP contribution in [0.5, 0.6) is 5.88 Å². The number of nitrogens with zero attached hydrogens (tertiary/aromatic N) is 5. The fraction of sp³-hybridized carbons (Fsp3) is 0.611. The van der Waals surface area contributed by atoms with Crippen LogP contribution in [0.3, 0.4) is 0 Å². The molecule has 0 amide bonds. The maximum atomic E-state index is 12.3. The molecule has 9 heteroatoms. The van der Waals surface area contributed by atoms with E-state index in [4.69, 9.17) is 4.74 Å². The average Bonchev–Trinajstić information content (AvgIpc) is 3.46. The summed E-state index contributed by atoms with van der Waals surface area (Å²) in [5.41, 5.74) is 1.93. The highest BCUT2D eigenvalue weighted by Crippen LogP contribution is 2.33. The largest absolute Gasteiger partial charge is 0.477 e. The Balaban J connectivity index is 1.33. The second-order valence-corrected chi connectivity index (χ2v) is 9.66. The van der Waals surface area contributed by atoms with Gasteiger partial charge in [0.15, 0.2) is 5.82 Å². The van der Waals surface area contributed by atoms with Crippen LogP contribution in [0.2, 0.25) is 0 Å². The third-order valence-corrected chi connectivity index (χ3v) is 7.60. The van der Waals surface area contributed by atoms with Crippen molar-refractivity contribution >= 4 is 10.0 Å². The van der Waals surface area contributed by atoms with Crippen molar-refractivity contribution in [2.24, 2.45) is 5.92 Å². The molecule has 0 bridgehead atoms. The van der Waals surface area contributed by atoms with Crippen LogP contribution >= 0.6 is 0 Å². The Morgan fingerprint density at radius 2 is 1.85 bits per heavy atom. The molecule has 0 N–H and O–H groups in total. The smallest absolute Gasteiger partial charge is 0.218 e. The molecule has 0 atom stereocenters. The van der Waals surface area contributed by atoms with Gasteiger partial charge >= 0.3 is 0 Å². The Kier molecular flexibility index (Phi) is 4.90. The van der Waals surface area contributed by atoms with Crippen LogP contribution in [0.1, 0.15) is 37.1 Å². The van der Waals surface area contributed by atoms with Gasteiger partial charge in [-0.15, -0.1) is 0 Å². The number of piperidine rings is 1. The van der Waals surface area contributed by atoms with Crippen LogP contribution in [0.4, 0.5) is 0 Å². The minimum Gasteiger partial charge on any atom is -0.477 e. The summed E-state index contributed by atoms with van der Waals surface area (Å²) in [6.45, 7) is 5.64. The number of aryl methyl sites for hydroxylation is 2. The summed E-state index contributed by atoms with van der Waals surface area (Å²) in [4.78, 5) is 8.46. The Morgan fingerprint density at radius 1 is 1.11 bits per heavy atom. The number of sulfonamides is 1. The number of ether oxygens (including phenoxy) is 1. The van der Waals surface area contributed by atoms with Crippen molar-refractivity contribution < 1.29 is 13.2 Å². The van der Waals surface area contributed by atoms with Crippen molar-refractivity contribution in [3.63, 3.8) is 0 Å². The van der Waals surface area contributed by atoms with E-state index in [0.29, 0.717) is 37.3 Å². The summed E-state index contributed by atoms with van der Waals surface area (Å²) < 4.78 is 33.9. The summed E-state index contributed by atoms with van der Waals surface area (Å²) in [6.07, 6.45) is 4.75. The third kappa shape index (κ3) is 3.98. The van der Waals surface area contributed by atoms with Crippen molar-refractivity contribution in [3.8, 4) is 11.7 Å². The van der Waals surface area contributed by atoms with Gasteiger partial charge in [-0.1, -0.05) is 0 Å². The van der Waals surface area contributed by atoms with Crippen molar-refractivity contribution in [1.29, 1.82) is 0 Å². The van der Waals surface area contributed by atoms with E-state index in [1.807, 2.05) is 19.9 Å². The highest BCUT2D eigenvalue weighted by Gasteiger charge is 2.41. The molecule has 1 aliphatic heterocycles. The topological polar surface area (TPSA) is 90.2 Å². The van der Waals surface area contributed by atoms with Crippen LogP contribution in [0.15, 0.2) is 18.5 Å². The van der Waals surface area contributed by atoms with Gasteiger partial charge in [-0.3, -0.25) is 0 Å². The van der Waals surface area contributed by atoms with Crippen molar-refractivity contribution in [2.45, 2.75) is 44.8 Å². The van der Waals surface area contributed by atoms with Crippen LogP contribution < -0.4 is 4.74 Å². The molecule has 2 aromatic heterocycles. The molecule has 3 heterocycles. The van der Waals surface area contributed by atoms with Gasteiger partial charge in [-0.2, -0.15) is 5.10 Å². The third-order valence-electron chi connectivity index (χ3n) is 5.20. The van der Waals surface area contributed by atoms with Gasteiger partial charge in [-0.25, -0.2) is 27.4 Å². The van der Waals surface area contributed by atoms with Crippen LogP contribution in [-0.4, -0.2) is 57.4 Å². The lowest BCUT2D eigenvalue weighted by atomic mass is 9.99. The second kappa shape index (κ2) is 7.20. The van der Waals surface area contributed by atoms with Crippen LogP contribution in [-0.2, 0) is 10.0 Å². The minimum atomic E-state index is -3.06. The molecule has 4 rings (SSSR count). The highest BCUT2D eigenvalue weighted by molar-refractivity contribution is 7.90. The lowest BCUT2D eigenvalue weighted by molar-refractivity contribution is 0.180. The van der Waals surface area contributed by atoms with E-state index in [9.17, 15) is 8.42 Å². The monoisotopic (exact) mass is 391 g/mol. The summed E-state index contributed by atoms with van der Waals surface area (Å²) in [5.74, 6) is 1.53. The summed E-state index contributed by atoms with van der Waals surface area (Å²) in [7, 11) is -3.06. The SMILES string of the molecule is Cc1cc(C)n(-c2cc(OCC3CCN(S(=O)(=O)C4CC4)CC3)ncn2)n1. The molecule has 2 aromatic rings. The summed E-state index contributed by atoms with van der Waals surface area (Å²) in [5, 5.41) is 4.30. The van der Waals surface area contributed by atoms with Gasteiger partial charge < -0.3 is 4.74 Å². The number of hydrogen-bond acceptors (Lipinski definition) is 6. The first kappa shape index (κ1) is 18.4. The zero-order chi connectivity index (χ0) is 19.0. The Labute approximate surface area is 159 Å². The molecule has 0 radical (unpaired) electrons. The molecule has 1 saturated carbocycles. The van der Waals surface area contributed by atoms with E-state index in [1.54, 1.807) is 15.1 Å². The summed E-state index contributed by atoms with van der Waals surface area (Å²) in [6, 6.07) is 3.78. The van der Waals surface area contributed by atoms with Gasteiger partial charge in [-0.05, 0) is 51.5 Å². The van der Waals surface area contributed by atoms with E-state index in [-0.39, 0.29) is 5.25 Å². The maximum Gasteiger partial charge on any atom is 0.218 e. The number of aromatic nitrogens is 4. The predicted molar refractivity (Wildman–Crippen MR) is 100 cm³/mol. The van der Waals surface area contributed by atoms with E-state index >= 15 is 0 Å². The molecule has 0 unspecified atom stereocenters. The second-order valence-electron chi connectivity index (χ2n) is 7.45. The molecular formula is C18H25N5O3S. The predicted octanol–water partition coefficient (Wildman–Crippen LogP) is 1.86. The molecule has 1 aliphatic carbocycles. The molecule has 27 heavy (non-hydrogen) atoms. The molecule has 0 spiro atoms. The average molecular weight is 391 g/mol. The van der Waals surface area contributed by atoms with Gasteiger partial charge in [0.05, 0.1) is 17.6 Å². The van der Waals surface area contributed by atoms with E-state index in [0.717, 1.165) is 37.1 Å². The highest BCUT2D eigenvalue weighted by atomic mass is 32.2. The standard InChI is InChI=1S/C18H25N5O3S/c1-13-9-14(2)23(21-13)17-10-18(20-12-19-17)26-11-15-5-7-22(8-6-15)27(24,25)16-3-4-16/h9-10,12,15-16H,3-8,11H2,1-2H3. The quantitative estimate of drug-likeness (QED) is 0.747. The molecule has 8 nitrogen and oxygen atoms in total. The molecule has 1 saturated heterocycles. The first-order chi connectivity index (χ1) is 12.9. The van der Waals surface area contributed by atoms with Crippen molar-refractivity contribution in [3.05, 3.63) is 29.8 Å². The van der Waals surface area contributed by atoms with Crippen LogP contribution in [0, 0.1) is 19.8 Å². The van der Waals surface area contributed by atoms with Crippen LogP contribution in [0.25, 0.3) is 5.82 Å². The fourth-order valence-corrected chi connectivity index (χ4v) is 5.37. The van der Waals surface area contributed by atoms with Gasteiger partial charge in [0.1, 0.15) is 6.33 Å². The van der Waals surface area contributed by atoms with Crippen molar-refractivity contribution in [2.75, 3.05) is 19.7 Å². The Morgan fingerprint density at radius 3 is 2.48 bits per heavy atom. The van der Waals surface area contributed by atoms with Crippen molar-refractivity contribution in [1.82, 2.24) is 24.1 Å². The Bertz CT molecular complexity index is 915. The van der Waals surface area contributed by atoms with Gasteiger partial charge in [0, 0.05) is 24.8 Å². The molecule has 0 aromatic carbocycles. The number of rotatable bonds is 6. The zero-order valence-corrected chi connectivity index (χ0v) is 16.5. The lowest BCUT2D eigenvalue weighted by Crippen LogP contribution is -2.41. The number of hydrogen-bond donors (Lipinski definition) is 0. The van der Waals surface area contributed by atoms with E-state index < -0.39 is 10.0 Å². The molecule has 2 aliphatic rings. The van der Waals surface area contributed by atoms with Gasteiger partial charge in [0.25, 0.3) is 0 Å². The van der Waals surface area contributed by atoms with E-state index in [2.05, 4.69) is 15.1 Å². The molecule has 2 fully saturated rings. The normalized spacial score (nSPS) is 19.3. The lowest BCUT2D eigenvalue weighted by Gasteiger charge is -2.31. The van der Waals surface area contributed by atoms with E-state index in [1.165, 1.54) is 6.33 Å². The molecule has 146 valence electrons. The molecular weight excluding hydrogens is 366 g/mol. The Hall–Kier alpha value is -2.00. The fourth-order valence-electron chi connectivity index (χ4n) is 3.50. The van der Waals surface area contributed by atoms with Gasteiger partial charge in [0.2, 0.25) is 15.9 Å². The minimum absolute atomic E-state index is 0.126. The first-order valence-electron chi connectivity index (χ1n) is 9.41. The maximum absolute atomic E-state index is 12.3. The summed E-state index contributed by atoms with van der Waals surface area (Å²) >= 11 is 0. The first-order valence-corrected chi connectivity index (χ1v) is 10.9.